The second-order valence-electron chi connectivity index (χ2n) is 5.63. The van der Waals surface area contributed by atoms with Crippen LogP contribution < -0.4 is 5.32 Å². The molecular formula is C17H29ClN2O. The van der Waals surface area contributed by atoms with E-state index in [1.54, 1.807) is 0 Å². The predicted octanol–water partition coefficient (Wildman–Crippen LogP) is 3.47. The van der Waals surface area contributed by atoms with E-state index in [4.69, 9.17) is 16.7 Å². The van der Waals surface area contributed by atoms with Gasteiger partial charge in [-0.15, -0.1) is 0 Å². The van der Waals surface area contributed by atoms with E-state index in [2.05, 4.69) is 37.1 Å². The quantitative estimate of drug-likeness (QED) is 0.694. The van der Waals surface area contributed by atoms with E-state index in [-0.39, 0.29) is 12.6 Å². The van der Waals surface area contributed by atoms with E-state index in [1.165, 1.54) is 5.56 Å². The molecule has 1 aromatic carbocycles. The van der Waals surface area contributed by atoms with Gasteiger partial charge in [0.1, 0.15) is 0 Å². The molecule has 0 radical (unpaired) electrons. The van der Waals surface area contributed by atoms with Gasteiger partial charge >= 0.3 is 0 Å². The van der Waals surface area contributed by atoms with Crippen molar-refractivity contribution >= 4 is 11.6 Å². The Morgan fingerprint density at radius 3 is 2.52 bits per heavy atom. The summed E-state index contributed by atoms with van der Waals surface area (Å²) < 4.78 is 0. The zero-order valence-electron chi connectivity index (χ0n) is 13.5. The van der Waals surface area contributed by atoms with Crippen LogP contribution in [-0.2, 0) is 0 Å². The minimum atomic E-state index is 0.254. The number of benzene rings is 1. The van der Waals surface area contributed by atoms with Gasteiger partial charge in [0.15, 0.2) is 0 Å². The Morgan fingerprint density at radius 1 is 1.24 bits per heavy atom. The topological polar surface area (TPSA) is 35.5 Å². The van der Waals surface area contributed by atoms with Gasteiger partial charge in [0.2, 0.25) is 0 Å². The monoisotopic (exact) mass is 312 g/mol. The Balaban J connectivity index is 2.67. The molecule has 1 aromatic rings. The van der Waals surface area contributed by atoms with Gasteiger partial charge in [-0.25, -0.2) is 0 Å². The third kappa shape index (κ3) is 6.35. The number of hydrogen-bond donors (Lipinski definition) is 2. The van der Waals surface area contributed by atoms with Crippen molar-refractivity contribution in [1.82, 2.24) is 10.2 Å². The Labute approximate surface area is 134 Å². The van der Waals surface area contributed by atoms with Crippen LogP contribution in [0.4, 0.5) is 0 Å². The molecule has 1 atom stereocenters. The number of nitrogens with one attached hydrogen (secondary N) is 1. The van der Waals surface area contributed by atoms with Crippen LogP contribution in [0.3, 0.4) is 0 Å². The van der Waals surface area contributed by atoms with Crippen LogP contribution >= 0.6 is 11.6 Å². The van der Waals surface area contributed by atoms with E-state index in [0.29, 0.717) is 6.04 Å². The van der Waals surface area contributed by atoms with Gasteiger partial charge in [-0.05, 0) is 44.9 Å². The van der Waals surface area contributed by atoms with Crippen molar-refractivity contribution in [3.63, 3.8) is 0 Å². The van der Waals surface area contributed by atoms with Gasteiger partial charge in [0.05, 0.1) is 0 Å². The lowest BCUT2D eigenvalue weighted by Gasteiger charge is -2.29. The molecule has 4 heteroatoms. The van der Waals surface area contributed by atoms with E-state index in [0.717, 1.165) is 37.5 Å². The van der Waals surface area contributed by atoms with E-state index in [9.17, 15) is 0 Å². The third-order valence-corrected chi connectivity index (χ3v) is 4.11. The van der Waals surface area contributed by atoms with Crippen LogP contribution in [0.25, 0.3) is 0 Å². The highest BCUT2D eigenvalue weighted by atomic mass is 35.5. The minimum absolute atomic E-state index is 0.254. The highest BCUT2D eigenvalue weighted by molar-refractivity contribution is 6.31. The number of hydrogen-bond acceptors (Lipinski definition) is 3. The number of aliphatic hydroxyl groups is 1. The van der Waals surface area contributed by atoms with Crippen molar-refractivity contribution in [2.24, 2.45) is 0 Å². The highest BCUT2D eigenvalue weighted by Crippen LogP contribution is 2.25. The fourth-order valence-electron chi connectivity index (χ4n) is 2.57. The van der Waals surface area contributed by atoms with Gasteiger partial charge in [0, 0.05) is 36.8 Å². The van der Waals surface area contributed by atoms with Crippen LogP contribution in [0, 0.1) is 0 Å². The summed E-state index contributed by atoms with van der Waals surface area (Å²) >= 11 is 6.33. The molecule has 0 spiro atoms. The lowest BCUT2D eigenvalue weighted by molar-refractivity contribution is 0.184. The first kappa shape index (κ1) is 18.4. The first-order chi connectivity index (χ1) is 10.1. The molecule has 1 rings (SSSR count). The number of aliphatic hydroxyl groups excluding tert-OH is 1. The second-order valence-corrected chi connectivity index (χ2v) is 6.03. The molecule has 0 aliphatic heterocycles. The molecule has 120 valence electrons. The normalized spacial score (nSPS) is 13.1. The fraction of sp³-hybridized carbons (Fsp3) is 0.647. The maximum atomic E-state index is 9.02. The summed E-state index contributed by atoms with van der Waals surface area (Å²) in [6.07, 6.45) is 1.84. The summed E-state index contributed by atoms with van der Waals surface area (Å²) in [6, 6.07) is 8.83. The predicted molar refractivity (Wildman–Crippen MR) is 90.9 cm³/mol. The Hall–Kier alpha value is -0.610. The van der Waals surface area contributed by atoms with Gasteiger partial charge in [-0.1, -0.05) is 36.7 Å². The van der Waals surface area contributed by atoms with Gasteiger partial charge in [-0.3, -0.25) is 0 Å². The van der Waals surface area contributed by atoms with Crippen molar-refractivity contribution in [3.8, 4) is 0 Å². The molecule has 1 unspecified atom stereocenters. The van der Waals surface area contributed by atoms with E-state index >= 15 is 0 Å². The Morgan fingerprint density at radius 2 is 1.95 bits per heavy atom. The van der Waals surface area contributed by atoms with E-state index < -0.39 is 0 Å². The average Bonchev–Trinajstić information content (AvgIpc) is 2.46. The molecule has 0 aliphatic rings. The van der Waals surface area contributed by atoms with Crippen molar-refractivity contribution in [2.45, 2.75) is 45.7 Å². The molecule has 0 fully saturated rings. The summed E-state index contributed by atoms with van der Waals surface area (Å²) in [4.78, 5) is 2.41. The van der Waals surface area contributed by atoms with E-state index in [1.807, 2.05) is 18.2 Å². The molecule has 21 heavy (non-hydrogen) atoms. The van der Waals surface area contributed by atoms with Crippen molar-refractivity contribution < 1.29 is 5.11 Å². The summed E-state index contributed by atoms with van der Waals surface area (Å²) in [5, 5.41) is 13.4. The molecule has 0 aliphatic carbocycles. The molecule has 0 heterocycles. The van der Waals surface area contributed by atoms with Crippen molar-refractivity contribution in [2.75, 3.05) is 26.2 Å². The number of nitrogens with zero attached hydrogens (tertiary/aromatic N) is 1. The number of rotatable bonds is 10. The molecular weight excluding hydrogens is 284 g/mol. The average molecular weight is 313 g/mol. The highest BCUT2D eigenvalue weighted by Gasteiger charge is 2.16. The first-order valence-electron chi connectivity index (χ1n) is 7.92. The van der Waals surface area contributed by atoms with Crippen LogP contribution in [0.5, 0.6) is 0 Å². The summed E-state index contributed by atoms with van der Waals surface area (Å²) in [5.41, 5.74) is 1.17. The largest absolute Gasteiger partial charge is 0.396 e. The molecule has 0 saturated carbocycles. The number of halogens is 1. The Bertz CT molecular complexity index is 398. The van der Waals surface area contributed by atoms with Crippen LogP contribution in [0.15, 0.2) is 24.3 Å². The molecule has 3 nitrogen and oxygen atoms in total. The van der Waals surface area contributed by atoms with Crippen LogP contribution in [0.2, 0.25) is 5.02 Å². The SMILES string of the molecule is CCNC(CCN(CCCO)C(C)C)c1ccccc1Cl. The van der Waals surface area contributed by atoms with Crippen molar-refractivity contribution in [3.05, 3.63) is 34.9 Å². The lowest BCUT2D eigenvalue weighted by Crippen LogP contribution is -2.35. The summed E-state index contributed by atoms with van der Waals surface area (Å²) in [5.74, 6) is 0. The van der Waals surface area contributed by atoms with Crippen LogP contribution in [-0.4, -0.2) is 42.3 Å². The molecule has 0 saturated heterocycles. The summed E-state index contributed by atoms with van der Waals surface area (Å²) in [7, 11) is 0. The molecule has 2 N–H and O–H groups in total. The standard InChI is InChI=1S/C17H29ClN2O/c1-4-19-17(15-8-5-6-9-16(15)18)10-12-20(14(2)3)11-7-13-21/h5-6,8-9,14,17,19,21H,4,7,10-13H2,1-3H3. The van der Waals surface area contributed by atoms with Gasteiger partial charge < -0.3 is 15.3 Å². The fourth-order valence-corrected chi connectivity index (χ4v) is 2.84. The van der Waals surface area contributed by atoms with Crippen LogP contribution in [0.1, 0.15) is 45.2 Å². The van der Waals surface area contributed by atoms with Crippen molar-refractivity contribution in [1.29, 1.82) is 0 Å². The second kappa shape index (κ2) is 10.2. The molecule has 0 amide bonds. The maximum absolute atomic E-state index is 9.02. The Kier molecular flexibility index (Phi) is 8.93. The maximum Gasteiger partial charge on any atom is 0.0453 e. The van der Waals surface area contributed by atoms with Gasteiger partial charge in [0.25, 0.3) is 0 Å². The lowest BCUT2D eigenvalue weighted by atomic mass is 10.0. The third-order valence-electron chi connectivity index (χ3n) is 3.77. The molecule has 0 aromatic heterocycles. The molecule has 0 bridgehead atoms. The van der Waals surface area contributed by atoms with Gasteiger partial charge in [-0.2, -0.15) is 0 Å². The minimum Gasteiger partial charge on any atom is -0.396 e. The smallest absolute Gasteiger partial charge is 0.0453 e. The zero-order valence-corrected chi connectivity index (χ0v) is 14.2. The summed E-state index contributed by atoms with van der Waals surface area (Å²) in [6.45, 7) is 9.65. The zero-order chi connectivity index (χ0) is 15.7. The first-order valence-corrected chi connectivity index (χ1v) is 8.30.